The van der Waals surface area contributed by atoms with Crippen LogP contribution in [-0.4, -0.2) is 21.3 Å². The van der Waals surface area contributed by atoms with Gasteiger partial charge in [0.15, 0.2) is 6.79 Å². The average Bonchev–Trinajstić information content (AvgIpc) is 2.91. The highest BCUT2D eigenvalue weighted by atomic mass is 35.5. The number of nitrogens with zero attached hydrogens (tertiary/aromatic N) is 2. The largest absolute Gasteiger partial charge is 0.467 e. The fourth-order valence-electron chi connectivity index (χ4n) is 3.07. The smallest absolute Gasteiger partial charge is 0.263 e. The van der Waals surface area contributed by atoms with Crippen molar-refractivity contribution in [3.63, 3.8) is 0 Å². The molecule has 0 radical (unpaired) electrons. The van der Waals surface area contributed by atoms with Gasteiger partial charge < -0.3 is 14.5 Å². The van der Waals surface area contributed by atoms with Gasteiger partial charge in [-0.15, -0.1) is 0 Å². The van der Waals surface area contributed by atoms with Crippen LogP contribution < -0.4 is 10.3 Å². The van der Waals surface area contributed by atoms with Crippen LogP contribution in [0.1, 0.15) is 22.6 Å². The van der Waals surface area contributed by atoms with Crippen molar-refractivity contribution in [1.29, 1.82) is 0 Å². The van der Waals surface area contributed by atoms with E-state index in [2.05, 4.69) is 9.97 Å². The van der Waals surface area contributed by atoms with Crippen LogP contribution >= 0.6 is 11.6 Å². The second kappa shape index (κ2) is 5.65. The van der Waals surface area contributed by atoms with Crippen molar-refractivity contribution >= 4 is 22.6 Å². The molecule has 3 heterocycles. The van der Waals surface area contributed by atoms with E-state index in [0.717, 1.165) is 22.6 Å². The molecule has 0 aliphatic carbocycles. The van der Waals surface area contributed by atoms with E-state index in [0.29, 0.717) is 35.0 Å². The SMILES string of the molecule is Cc1cc2c(=O)n(Cc3cc(Cl)cc4c3OCOC4)c(C)nc2[nH]1. The van der Waals surface area contributed by atoms with Crippen LogP contribution in [0.3, 0.4) is 0 Å². The molecule has 0 spiro atoms. The van der Waals surface area contributed by atoms with E-state index in [9.17, 15) is 4.79 Å². The molecule has 0 fully saturated rings. The van der Waals surface area contributed by atoms with E-state index < -0.39 is 0 Å². The molecule has 1 aromatic carbocycles. The number of H-pyrrole nitrogens is 1. The number of benzene rings is 1. The first kappa shape index (κ1) is 15.2. The monoisotopic (exact) mass is 345 g/mol. The number of fused-ring (bicyclic) bond motifs is 2. The summed E-state index contributed by atoms with van der Waals surface area (Å²) in [6.45, 7) is 4.72. The second-order valence-corrected chi connectivity index (χ2v) is 6.37. The third kappa shape index (κ3) is 2.48. The molecule has 0 atom stereocenters. The van der Waals surface area contributed by atoms with Gasteiger partial charge in [-0.1, -0.05) is 11.6 Å². The van der Waals surface area contributed by atoms with Crippen LogP contribution in [0.25, 0.3) is 11.0 Å². The van der Waals surface area contributed by atoms with E-state index in [1.54, 1.807) is 4.57 Å². The lowest BCUT2D eigenvalue weighted by molar-refractivity contribution is -0.0171. The Morgan fingerprint density at radius 2 is 2.17 bits per heavy atom. The highest BCUT2D eigenvalue weighted by Crippen LogP contribution is 2.32. The maximum Gasteiger partial charge on any atom is 0.263 e. The Morgan fingerprint density at radius 1 is 1.33 bits per heavy atom. The third-order valence-electron chi connectivity index (χ3n) is 4.15. The number of aromatic amines is 1. The van der Waals surface area contributed by atoms with Gasteiger partial charge in [-0.2, -0.15) is 0 Å². The topological polar surface area (TPSA) is 69.1 Å². The number of aromatic nitrogens is 3. The molecular formula is C17H16ClN3O3. The van der Waals surface area contributed by atoms with Crippen molar-refractivity contribution in [1.82, 2.24) is 14.5 Å². The van der Waals surface area contributed by atoms with Crippen LogP contribution in [0.2, 0.25) is 5.02 Å². The highest BCUT2D eigenvalue weighted by Gasteiger charge is 2.18. The van der Waals surface area contributed by atoms with Crippen molar-refractivity contribution in [2.45, 2.75) is 27.0 Å². The molecule has 124 valence electrons. The van der Waals surface area contributed by atoms with E-state index >= 15 is 0 Å². The van der Waals surface area contributed by atoms with Gasteiger partial charge in [0.25, 0.3) is 5.56 Å². The summed E-state index contributed by atoms with van der Waals surface area (Å²) in [6.07, 6.45) is 0. The van der Waals surface area contributed by atoms with Gasteiger partial charge in [-0.3, -0.25) is 9.36 Å². The molecule has 4 rings (SSSR count). The standard InChI is InChI=1S/C17H16ClN3O3/c1-9-3-14-16(19-9)20-10(2)21(17(14)22)6-11-4-13(18)5-12-7-23-8-24-15(11)12/h3-5,19H,6-8H2,1-2H3. The summed E-state index contributed by atoms with van der Waals surface area (Å²) in [4.78, 5) is 20.4. The summed E-state index contributed by atoms with van der Waals surface area (Å²) in [5.41, 5.74) is 3.18. The zero-order valence-corrected chi connectivity index (χ0v) is 14.1. The average molecular weight is 346 g/mol. The Balaban J connectivity index is 1.86. The zero-order valence-electron chi connectivity index (χ0n) is 13.4. The van der Waals surface area contributed by atoms with Gasteiger partial charge in [-0.05, 0) is 32.0 Å². The fourth-order valence-corrected chi connectivity index (χ4v) is 3.33. The minimum atomic E-state index is -0.0809. The van der Waals surface area contributed by atoms with Gasteiger partial charge in [0.1, 0.15) is 17.2 Å². The molecule has 3 aromatic rings. The lowest BCUT2D eigenvalue weighted by Crippen LogP contribution is -2.25. The normalized spacial score (nSPS) is 13.8. The molecule has 1 N–H and O–H groups in total. The molecule has 7 heteroatoms. The lowest BCUT2D eigenvalue weighted by atomic mass is 10.1. The Hall–Kier alpha value is -2.31. The first-order valence-electron chi connectivity index (χ1n) is 7.61. The summed E-state index contributed by atoms with van der Waals surface area (Å²) < 4.78 is 12.6. The van der Waals surface area contributed by atoms with E-state index in [4.69, 9.17) is 21.1 Å². The first-order chi connectivity index (χ1) is 11.5. The van der Waals surface area contributed by atoms with Crippen LogP contribution in [-0.2, 0) is 17.9 Å². The first-order valence-corrected chi connectivity index (χ1v) is 7.99. The Bertz CT molecular complexity index is 1010. The number of ether oxygens (including phenoxy) is 2. The zero-order chi connectivity index (χ0) is 16.8. The van der Waals surface area contributed by atoms with Crippen LogP contribution in [0, 0.1) is 13.8 Å². The van der Waals surface area contributed by atoms with Crippen molar-refractivity contribution in [3.8, 4) is 5.75 Å². The van der Waals surface area contributed by atoms with Crippen molar-refractivity contribution in [2.75, 3.05) is 6.79 Å². The summed E-state index contributed by atoms with van der Waals surface area (Å²) in [5, 5.41) is 1.17. The molecule has 6 nitrogen and oxygen atoms in total. The minimum Gasteiger partial charge on any atom is -0.467 e. The summed E-state index contributed by atoms with van der Waals surface area (Å²) in [7, 11) is 0. The predicted molar refractivity (Wildman–Crippen MR) is 90.7 cm³/mol. The van der Waals surface area contributed by atoms with E-state index in [-0.39, 0.29) is 12.4 Å². The lowest BCUT2D eigenvalue weighted by Gasteiger charge is -2.21. The summed E-state index contributed by atoms with van der Waals surface area (Å²) in [5.74, 6) is 1.37. The predicted octanol–water partition coefficient (Wildman–Crippen LogP) is 2.91. The van der Waals surface area contributed by atoms with Crippen molar-refractivity contribution in [2.24, 2.45) is 0 Å². The molecule has 24 heavy (non-hydrogen) atoms. The molecule has 0 unspecified atom stereocenters. The molecule has 0 amide bonds. The van der Waals surface area contributed by atoms with Gasteiger partial charge in [0.05, 0.1) is 18.5 Å². The second-order valence-electron chi connectivity index (χ2n) is 5.93. The van der Waals surface area contributed by atoms with Gasteiger partial charge >= 0.3 is 0 Å². The molecule has 0 saturated heterocycles. The molecular weight excluding hydrogens is 330 g/mol. The van der Waals surface area contributed by atoms with Crippen LogP contribution in [0.15, 0.2) is 23.0 Å². The van der Waals surface area contributed by atoms with Crippen molar-refractivity contribution in [3.05, 3.63) is 56.2 Å². The quantitative estimate of drug-likeness (QED) is 0.775. The molecule has 1 aliphatic rings. The number of halogens is 1. The molecule has 1 aliphatic heterocycles. The third-order valence-corrected chi connectivity index (χ3v) is 4.37. The highest BCUT2D eigenvalue weighted by molar-refractivity contribution is 6.30. The van der Waals surface area contributed by atoms with E-state index in [1.165, 1.54) is 0 Å². The Labute approximate surface area is 143 Å². The van der Waals surface area contributed by atoms with Gasteiger partial charge in [-0.25, -0.2) is 4.98 Å². The Morgan fingerprint density at radius 3 is 3.00 bits per heavy atom. The summed E-state index contributed by atoms with van der Waals surface area (Å²) >= 11 is 6.21. The summed E-state index contributed by atoms with van der Waals surface area (Å²) in [6, 6.07) is 5.47. The number of hydrogen-bond donors (Lipinski definition) is 1. The van der Waals surface area contributed by atoms with Crippen LogP contribution in [0.4, 0.5) is 0 Å². The molecule has 0 bridgehead atoms. The number of nitrogens with one attached hydrogen (secondary N) is 1. The molecule has 0 saturated carbocycles. The molecule has 2 aromatic heterocycles. The maximum atomic E-state index is 12.8. The van der Waals surface area contributed by atoms with Gasteiger partial charge in [0, 0.05) is 21.8 Å². The minimum absolute atomic E-state index is 0.0809. The maximum absolute atomic E-state index is 12.8. The number of rotatable bonds is 2. The van der Waals surface area contributed by atoms with Crippen LogP contribution in [0.5, 0.6) is 5.75 Å². The Kier molecular flexibility index (Phi) is 3.58. The van der Waals surface area contributed by atoms with E-state index in [1.807, 2.05) is 32.0 Å². The number of aryl methyl sites for hydroxylation is 2. The fraction of sp³-hybridized carbons (Fsp3) is 0.294. The number of hydrogen-bond acceptors (Lipinski definition) is 4. The van der Waals surface area contributed by atoms with Gasteiger partial charge in [0.2, 0.25) is 0 Å². The van der Waals surface area contributed by atoms with Crippen molar-refractivity contribution < 1.29 is 9.47 Å².